The molecule has 12 heteroatoms. The molecule has 1 aliphatic heterocycles. The van der Waals surface area contributed by atoms with Gasteiger partial charge in [-0.25, -0.2) is 22.8 Å². The van der Waals surface area contributed by atoms with Gasteiger partial charge >= 0.3 is 0 Å². The lowest BCUT2D eigenvalue weighted by molar-refractivity contribution is -0.132. The number of guanidine groups is 1. The lowest BCUT2D eigenvalue weighted by atomic mass is 9.82. The van der Waals surface area contributed by atoms with Crippen LogP contribution < -0.4 is 5.73 Å². The van der Waals surface area contributed by atoms with E-state index < -0.39 is 29.1 Å². The molecule has 1 aliphatic carbocycles. The summed E-state index contributed by atoms with van der Waals surface area (Å²) in [6.07, 6.45) is 2.82. The van der Waals surface area contributed by atoms with E-state index in [1.807, 2.05) is 6.92 Å². The zero-order valence-electron chi connectivity index (χ0n) is 20.7. The van der Waals surface area contributed by atoms with Crippen molar-refractivity contribution in [1.29, 1.82) is 0 Å². The van der Waals surface area contributed by atoms with Crippen LogP contribution in [0.2, 0.25) is 5.02 Å². The maximum absolute atomic E-state index is 14.2. The number of hydrogen-bond acceptors (Lipinski definition) is 6. The van der Waals surface area contributed by atoms with Gasteiger partial charge in [0.15, 0.2) is 23.4 Å². The minimum absolute atomic E-state index is 0.0249. The van der Waals surface area contributed by atoms with Crippen molar-refractivity contribution in [3.63, 3.8) is 0 Å². The zero-order chi connectivity index (χ0) is 27.4. The Morgan fingerprint density at radius 2 is 1.89 bits per heavy atom. The fourth-order valence-electron chi connectivity index (χ4n) is 5.32. The molecule has 2 aliphatic rings. The van der Waals surface area contributed by atoms with Gasteiger partial charge in [-0.15, -0.1) is 5.10 Å². The second-order valence-corrected chi connectivity index (χ2v) is 10.5. The molecule has 8 nitrogen and oxygen atoms in total. The lowest BCUT2D eigenvalue weighted by Gasteiger charge is -2.42. The fraction of sp³-hybridized carbons (Fsp3) is 0.385. The molecule has 1 aromatic heterocycles. The van der Waals surface area contributed by atoms with Gasteiger partial charge in [0, 0.05) is 23.7 Å². The number of benzene rings is 2. The van der Waals surface area contributed by atoms with E-state index in [1.165, 1.54) is 11.1 Å². The van der Waals surface area contributed by atoms with E-state index in [9.17, 15) is 23.1 Å². The second-order valence-electron chi connectivity index (χ2n) is 10.1. The molecule has 38 heavy (non-hydrogen) atoms. The standard InChI is InChI=1S/C26H26ClF3N6O2/c1-13-8-14(6-7-22(13)37)36-23(38)11-26(2,32-25(36)31)16-5-3-4-15(24(16)27)20-12-35(34-33-20)21-10-18(29)17(28)9-19(21)30/h3-5,9-10,12-14,22,37H,6-8,11H2,1-2H3,(H2,31,32)/t13-,14-,22+,26-/m0/s1. The summed E-state index contributed by atoms with van der Waals surface area (Å²) in [5.41, 5.74) is 6.16. The molecule has 2 heterocycles. The molecule has 1 fully saturated rings. The Bertz CT molecular complexity index is 1450. The molecule has 2 aromatic carbocycles. The smallest absolute Gasteiger partial charge is 0.232 e. The summed E-state index contributed by atoms with van der Waals surface area (Å²) in [4.78, 5) is 19.6. The van der Waals surface area contributed by atoms with E-state index >= 15 is 0 Å². The largest absolute Gasteiger partial charge is 0.393 e. The number of aliphatic hydroxyl groups is 1. The monoisotopic (exact) mass is 546 g/mol. The predicted octanol–water partition coefficient (Wildman–Crippen LogP) is 4.32. The summed E-state index contributed by atoms with van der Waals surface area (Å²) in [5, 5.41) is 18.2. The van der Waals surface area contributed by atoms with Crippen molar-refractivity contribution in [3.05, 3.63) is 64.6 Å². The number of aliphatic imine (C=N–C) groups is 1. The number of carbonyl (C=O) groups excluding carboxylic acids is 1. The number of amides is 1. The number of halogens is 4. The SMILES string of the molecule is C[C@H]1C[C@@H](N2C(=O)C[C@@](C)(c3cccc(-c4cn(-c5cc(F)c(F)cc5F)nn4)c3Cl)N=C2N)CC[C@H]1O. The molecule has 0 saturated heterocycles. The van der Waals surface area contributed by atoms with Crippen LogP contribution in [-0.4, -0.2) is 49.0 Å². The molecule has 3 aromatic rings. The normalized spacial score (nSPS) is 26.0. The third-order valence-corrected chi connectivity index (χ3v) is 7.83. The van der Waals surface area contributed by atoms with Crippen molar-refractivity contribution in [2.75, 3.05) is 0 Å². The molecule has 1 saturated carbocycles. The number of nitrogens with two attached hydrogens (primary N) is 1. The van der Waals surface area contributed by atoms with Crippen molar-refractivity contribution in [3.8, 4) is 16.9 Å². The van der Waals surface area contributed by atoms with Crippen LogP contribution in [-0.2, 0) is 10.3 Å². The number of carbonyl (C=O) groups is 1. The number of rotatable bonds is 4. The van der Waals surface area contributed by atoms with Crippen molar-refractivity contribution in [2.24, 2.45) is 16.6 Å². The maximum Gasteiger partial charge on any atom is 0.232 e. The van der Waals surface area contributed by atoms with Gasteiger partial charge in [-0.3, -0.25) is 9.69 Å². The summed E-state index contributed by atoms with van der Waals surface area (Å²) >= 11 is 6.79. The fourth-order valence-corrected chi connectivity index (χ4v) is 5.75. The quantitative estimate of drug-likeness (QED) is 0.474. The molecule has 5 rings (SSSR count). The first-order chi connectivity index (χ1) is 18.0. The third kappa shape index (κ3) is 4.54. The van der Waals surface area contributed by atoms with Crippen LogP contribution in [0.4, 0.5) is 13.2 Å². The minimum atomic E-state index is -1.31. The highest BCUT2D eigenvalue weighted by Gasteiger charge is 2.43. The van der Waals surface area contributed by atoms with Gasteiger partial charge in [0.2, 0.25) is 5.91 Å². The van der Waals surface area contributed by atoms with Crippen LogP contribution in [0.5, 0.6) is 0 Å². The molecule has 0 unspecified atom stereocenters. The van der Waals surface area contributed by atoms with Crippen molar-refractivity contribution in [2.45, 2.75) is 57.2 Å². The van der Waals surface area contributed by atoms with Gasteiger partial charge in [0.1, 0.15) is 11.4 Å². The van der Waals surface area contributed by atoms with Crippen molar-refractivity contribution in [1.82, 2.24) is 19.9 Å². The molecule has 200 valence electrons. The van der Waals surface area contributed by atoms with Crippen LogP contribution in [0.15, 0.2) is 41.5 Å². The van der Waals surface area contributed by atoms with E-state index in [0.29, 0.717) is 42.5 Å². The van der Waals surface area contributed by atoms with E-state index in [0.717, 1.165) is 4.68 Å². The Morgan fingerprint density at radius 3 is 2.61 bits per heavy atom. The van der Waals surface area contributed by atoms with Gasteiger partial charge in [-0.1, -0.05) is 41.9 Å². The first-order valence-electron chi connectivity index (χ1n) is 12.2. The highest BCUT2D eigenvalue weighted by Crippen LogP contribution is 2.42. The lowest BCUT2D eigenvalue weighted by Crippen LogP contribution is -2.56. The second kappa shape index (κ2) is 9.70. The van der Waals surface area contributed by atoms with E-state index in [4.69, 9.17) is 22.3 Å². The summed E-state index contributed by atoms with van der Waals surface area (Å²) in [6, 6.07) is 6.11. The van der Waals surface area contributed by atoms with Crippen LogP contribution >= 0.6 is 11.6 Å². The first-order valence-corrected chi connectivity index (χ1v) is 12.6. The Hall–Kier alpha value is -3.44. The topological polar surface area (TPSA) is 110 Å². The zero-order valence-corrected chi connectivity index (χ0v) is 21.5. The van der Waals surface area contributed by atoms with Crippen LogP contribution in [0.3, 0.4) is 0 Å². The summed E-state index contributed by atoms with van der Waals surface area (Å²) in [6.45, 7) is 3.71. The maximum atomic E-state index is 14.2. The van der Waals surface area contributed by atoms with E-state index in [1.54, 1.807) is 25.1 Å². The van der Waals surface area contributed by atoms with Crippen LogP contribution in [0, 0.1) is 23.4 Å². The average molecular weight is 547 g/mol. The molecule has 0 radical (unpaired) electrons. The number of hydrogen-bond donors (Lipinski definition) is 2. The Balaban J connectivity index is 1.47. The number of aliphatic hydroxyl groups excluding tert-OH is 1. The number of aromatic nitrogens is 3. The number of nitrogens with zero attached hydrogens (tertiary/aromatic N) is 5. The first kappa shape index (κ1) is 26.2. The molecule has 0 spiro atoms. The van der Waals surface area contributed by atoms with Gasteiger partial charge in [-0.05, 0) is 37.7 Å². The van der Waals surface area contributed by atoms with Crippen LogP contribution in [0.1, 0.15) is 45.1 Å². The van der Waals surface area contributed by atoms with Gasteiger partial charge in [-0.2, -0.15) is 0 Å². The minimum Gasteiger partial charge on any atom is -0.393 e. The van der Waals surface area contributed by atoms with Crippen molar-refractivity contribution >= 4 is 23.5 Å². The summed E-state index contributed by atoms with van der Waals surface area (Å²) in [5.74, 6) is -3.59. The summed E-state index contributed by atoms with van der Waals surface area (Å²) in [7, 11) is 0. The third-order valence-electron chi connectivity index (χ3n) is 7.42. The van der Waals surface area contributed by atoms with Gasteiger partial charge in [0.25, 0.3) is 0 Å². The average Bonchev–Trinajstić information content (AvgIpc) is 3.33. The molecular formula is C26H26ClF3N6O2. The Kier molecular flexibility index (Phi) is 6.68. The molecular weight excluding hydrogens is 521 g/mol. The molecule has 0 bridgehead atoms. The van der Waals surface area contributed by atoms with E-state index in [2.05, 4.69) is 10.3 Å². The molecule has 3 N–H and O–H groups in total. The Morgan fingerprint density at radius 1 is 1.16 bits per heavy atom. The molecule has 1 amide bonds. The van der Waals surface area contributed by atoms with Gasteiger partial charge in [0.05, 0.1) is 29.3 Å². The Labute approximate surface area is 221 Å². The molecule has 4 atom stereocenters. The van der Waals surface area contributed by atoms with Gasteiger partial charge < -0.3 is 10.8 Å². The van der Waals surface area contributed by atoms with Crippen LogP contribution in [0.25, 0.3) is 16.9 Å². The highest BCUT2D eigenvalue weighted by molar-refractivity contribution is 6.34. The highest BCUT2D eigenvalue weighted by atomic mass is 35.5. The summed E-state index contributed by atoms with van der Waals surface area (Å²) < 4.78 is 42.3. The predicted molar refractivity (Wildman–Crippen MR) is 135 cm³/mol. The van der Waals surface area contributed by atoms with Crippen molar-refractivity contribution < 1.29 is 23.1 Å². The van der Waals surface area contributed by atoms with E-state index in [-0.39, 0.29) is 46.7 Å².